The third kappa shape index (κ3) is 3.74. The molecule has 0 unspecified atom stereocenters. The summed E-state index contributed by atoms with van der Waals surface area (Å²) in [5, 5.41) is 2.22. The first-order chi connectivity index (χ1) is 9.11. The van der Waals surface area contributed by atoms with Crippen molar-refractivity contribution >= 4 is 30.1 Å². The third-order valence-corrected chi connectivity index (χ3v) is 3.56. The fourth-order valence-corrected chi connectivity index (χ4v) is 2.46. The van der Waals surface area contributed by atoms with E-state index in [-0.39, 0.29) is 24.0 Å². The van der Waals surface area contributed by atoms with Crippen LogP contribution in [0.4, 0.5) is 18.0 Å². The summed E-state index contributed by atoms with van der Waals surface area (Å²) in [6.45, 7) is 3.88. The van der Waals surface area contributed by atoms with Crippen molar-refractivity contribution in [2.24, 2.45) is 5.41 Å². The Bertz CT molecular complexity index is 547. The minimum atomic E-state index is -4.50. The third-order valence-electron chi connectivity index (χ3n) is 3.25. The number of carbonyl (C=O) groups is 1. The smallest absolute Gasteiger partial charge is 0.417 e. The van der Waals surface area contributed by atoms with E-state index in [1.54, 1.807) is 0 Å². The van der Waals surface area contributed by atoms with Crippen molar-refractivity contribution in [3.05, 3.63) is 34.3 Å². The second-order valence-corrected chi connectivity index (χ2v) is 5.79. The summed E-state index contributed by atoms with van der Waals surface area (Å²) in [5.41, 5.74) is -0.819. The van der Waals surface area contributed by atoms with Crippen LogP contribution in [0.3, 0.4) is 0 Å². The lowest BCUT2D eigenvalue weighted by Crippen LogP contribution is -2.46. The fourth-order valence-electron chi connectivity index (χ4n) is 2.17. The van der Waals surface area contributed by atoms with Crippen LogP contribution in [0.2, 0.25) is 5.02 Å². The van der Waals surface area contributed by atoms with Gasteiger partial charge in [0.05, 0.1) is 16.6 Å². The second-order valence-electron chi connectivity index (χ2n) is 5.38. The number of amides is 1. The monoisotopic (exact) mass is 343 g/mol. The summed E-state index contributed by atoms with van der Waals surface area (Å²) in [6.07, 6.45) is -5.09. The lowest BCUT2D eigenvalue weighted by atomic mass is 9.80. The van der Waals surface area contributed by atoms with Gasteiger partial charge in [-0.1, -0.05) is 31.5 Å². The summed E-state index contributed by atoms with van der Waals surface area (Å²) < 4.78 is 42.9. The molecule has 21 heavy (non-hydrogen) atoms. The largest absolute Gasteiger partial charge is 0.449 e. The van der Waals surface area contributed by atoms with E-state index in [1.807, 2.05) is 13.8 Å². The maximum absolute atomic E-state index is 12.7. The van der Waals surface area contributed by atoms with E-state index in [4.69, 9.17) is 16.3 Å². The van der Waals surface area contributed by atoms with Crippen molar-refractivity contribution in [2.45, 2.75) is 26.1 Å². The minimum absolute atomic E-state index is 0. The van der Waals surface area contributed by atoms with Crippen LogP contribution in [0.25, 0.3) is 0 Å². The van der Waals surface area contributed by atoms with E-state index in [9.17, 15) is 18.0 Å². The maximum Gasteiger partial charge on any atom is 0.417 e. The van der Waals surface area contributed by atoms with Gasteiger partial charge in [0.2, 0.25) is 0 Å². The van der Waals surface area contributed by atoms with Crippen LogP contribution in [-0.4, -0.2) is 12.7 Å². The molecular weight excluding hydrogens is 330 g/mol. The highest BCUT2D eigenvalue weighted by Crippen LogP contribution is 2.40. The predicted molar refractivity (Wildman–Crippen MR) is 74.7 cm³/mol. The zero-order valence-corrected chi connectivity index (χ0v) is 12.8. The summed E-state index contributed by atoms with van der Waals surface area (Å²) in [5.74, 6) is 0. The molecule has 118 valence electrons. The van der Waals surface area contributed by atoms with Crippen molar-refractivity contribution in [1.82, 2.24) is 5.32 Å². The van der Waals surface area contributed by atoms with E-state index in [0.717, 1.165) is 6.07 Å². The first kappa shape index (κ1) is 17.9. The normalized spacial score (nSPS) is 21.0. The Hall–Kier alpha value is -1.14. The second kappa shape index (κ2) is 5.93. The van der Waals surface area contributed by atoms with Crippen molar-refractivity contribution in [3.8, 4) is 0 Å². The molecule has 1 amide bonds. The maximum atomic E-state index is 12.7. The molecule has 0 radical (unpaired) electrons. The van der Waals surface area contributed by atoms with Crippen LogP contribution in [-0.2, 0) is 10.9 Å². The minimum Gasteiger partial charge on any atom is -0.449 e. The Morgan fingerprint density at radius 2 is 2.00 bits per heavy atom. The summed E-state index contributed by atoms with van der Waals surface area (Å²) >= 11 is 5.70. The van der Waals surface area contributed by atoms with Crippen LogP contribution in [0.15, 0.2) is 18.2 Å². The van der Waals surface area contributed by atoms with Crippen LogP contribution >= 0.6 is 24.0 Å². The molecule has 1 aromatic carbocycles. The number of carbonyl (C=O) groups excluding carboxylic acids is 1. The molecule has 8 heteroatoms. The predicted octanol–water partition coefficient (Wildman–Crippen LogP) is 4.59. The molecule has 1 heterocycles. The van der Waals surface area contributed by atoms with Gasteiger partial charge in [0.15, 0.2) is 0 Å². The topological polar surface area (TPSA) is 38.3 Å². The fraction of sp³-hybridized carbons (Fsp3) is 0.462. The van der Waals surface area contributed by atoms with E-state index >= 15 is 0 Å². The zero-order valence-electron chi connectivity index (χ0n) is 11.3. The lowest BCUT2D eigenvalue weighted by Gasteiger charge is -2.38. The van der Waals surface area contributed by atoms with E-state index < -0.39 is 29.3 Å². The molecule has 3 nitrogen and oxygen atoms in total. The summed E-state index contributed by atoms with van der Waals surface area (Å²) in [7, 11) is 0. The number of alkyl carbamates (subject to hydrolysis) is 1. The molecule has 0 aliphatic carbocycles. The lowest BCUT2D eigenvalue weighted by molar-refractivity contribution is -0.137. The molecule has 0 bridgehead atoms. The van der Waals surface area contributed by atoms with Crippen molar-refractivity contribution < 1.29 is 22.7 Å². The first-order valence-corrected chi connectivity index (χ1v) is 6.29. The molecule has 1 aliphatic heterocycles. The molecule has 0 spiro atoms. The van der Waals surface area contributed by atoms with Crippen molar-refractivity contribution in [1.29, 1.82) is 0 Å². The SMILES string of the molecule is CC1(C)COC(=O)N[C@H]1c1ccc(C(F)(F)F)c(Cl)c1.Cl. The van der Waals surface area contributed by atoms with Gasteiger partial charge in [-0.25, -0.2) is 4.79 Å². The average molecular weight is 344 g/mol. The number of hydrogen-bond donors (Lipinski definition) is 1. The van der Waals surface area contributed by atoms with Gasteiger partial charge in [-0.15, -0.1) is 12.4 Å². The standard InChI is InChI=1S/C13H13ClF3NO2.ClH/c1-12(2)6-20-11(19)18-10(12)7-3-4-8(9(14)5-7)13(15,16)17;/h3-5,10H,6H2,1-2H3,(H,18,19);1H/t10-;/m0./s1. The molecular formula is C13H14Cl2F3NO2. The Morgan fingerprint density at radius 1 is 1.38 bits per heavy atom. The van der Waals surface area contributed by atoms with Gasteiger partial charge in [-0.3, -0.25) is 0 Å². The molecule has 1 saturated heterocycles. The van der Waals surface area contributed by atoms with Gasteiger partial charge >= 0.3 is 12.3 Å². The zero-order chi connectivity index (χ0) is 15.1. The highest BCUT2D eigenvalue weighted by molar-refractivity contribution is 6.31. The van der Waals surface area contributed by atoms with Crippen LogP contribution in [0, 0.1) is 5.41 Å². The number of hydrogen-bond acceptors (Lipinski definition) is 2. The van der Waals surface area contributed by atoms with Gasteiger partial charge in [-0.05, 0) is 17.7 Å². The molecule has 2 rings (SSSR count). The number of ether oxygens (including phenoxy) is 1. The number of cyclic esters (lactones) is 1. The number of rotatable bonds is 1. The Balaban J connectivity index is 0.00000220. The number of nitrogens with one attached hydrogen (secondary N) is 1. The molecule has 0 aromatic heterocycles. The molecule has 0 saturated carbocycles. The van der Waals surface area contributed by atoms with Crippen LogP contribution in [0.5, 0.6) is 0 Å². The number of benzene rings is 1. The van der Waals surface area contributed by atoms with Crippen LogP contribution < -0.4 is 5.32 Å². The summed E-state index contributed by atoms with van der Waals surface area (Å²) in [4.78, 5) is 11.3. The van der Waals surface area contributed by atoms with Gasteiger partial charge < -0.3 is 10.1 Å². The molecule has 1 N–H and O–H groups in total. The van der Waals surface area contributed by atoms with E-state index in [2.05, 4.69) is 5.32 Å². The Labute approximate surface area is 131 Å². The molecule has 1 atom stereocenters. The van der Waals surface area contributed by atoms with Crippen molar-refractivity contribution in [3.63, 3.8) is 0 Å². The number of halogens is 5. The van der Waals surface area contributed by atoms with Crippen LogP contribution in [0.1, 0.15) is 31.0 Å². The van der Waals surface area contributed by atoms with E-state index in [0.29, 0.717) is 5.56 Å². The highest BCUT2D eigenvalue weighted by atomic mass is 35.5. The highest BCUT2D eigenvalue weighted by Gasteiger charge is 2.39. The quantitative estimate of drug-likeness (QED) is 0.809. The number of alkyl halides is 3. The van der Waals surface area contributed by atoms with Gasteiger partial charge in [0.25, 0.3) is 0 Å². The molecule has 1 fully saturated rings. The van der Waals surface area contributed by atoms with Gasteiger partial charge in [0, 0.05) is 5.41 Å². The van der Waals surface area contributed by atoms with Gasteiger partial charge in [-0.2, -0.15) is 13.2 Å². The molecule has 1 aliphatic rings. The van der Waals surface area contributed by atoms with Crippen molar-refractivity contribution in [2.75, 3.05) is 6.61 Å². The van der Waals surface area contributed by atoms with Gasteiger partial charge in [0.1, 0.15) is 6.61 Å². The van der Waals surface area contributed by atoms with E-state index in [1.165, 1.54) is 12.1 Å². The first-order valence-electron chi connectivity index (χ1n) is 5.91. The Kier molecular flexibility index (Phi) is 5.05. The molecule has 1 aromatic rings. The average Bonchev–Trinajstić information content (AvgIpc) is 2.30. The Morgan fingerprint density at radius 3 is 2.52 bits per heavy atom. The summed E-state index contributed by atoms with van der Waals surface area (Å²) in [6, 6.07) is 3.04.